The molecule has 220 valence electrons. The summed E-state index contributed by atoms with van der Waals surface area (Å²) in [6, 6.07) is -0.906. The Balaban J connectivity index is 1.25. The third kappa shape index (κ3) is 5.19. The molecule has 0 spiro atoms. The van der Waals surface area contributed by atoms with E-state index in [1.165, 1.54) is 4.68 Å². The maximum Gasteiger partial charge on any atom is 0.276 e. The standard InChI is InChI=1S/C28H34F3N7O3/c1-14(22(16-4-5-16)35-26(40)27-11-18(27)19(29)12-27)10-21-33-20(13-38(21)32-3)24(17-6-8-28(30,31)9-7-17)34-25(39)23-15(2)36-41-37-23/h10,13,16-19,22,24H,3-9,11-12H2,1-2H3,(H,34,39)(H,35,40)/b14-10+/t18-,19+,22+,24+,27-/m1/s1. The lowest BCUT2D eigenvalue weighted by Gasteiger charge is -2.33. The molecule has 10 nitrogen and oxygen atoms in total. The predicted octanol–water partition coefficient (Wildman–Crippen LogP) is 4.38. The van der Waals surface area contributed by atoms with Crippen molar-refractivity contribution in [3.8, 4) is 0 Å². The van der Waals surface area contributed by atoms with E-state index in [0.29, 0.717) is 36.0 Å². The largest absolute Gasteiger partial charge is 0.349 e. The number of aryl methyl sites for hydroxylation is 1. The highest BCUT2D eigenvalue weighted by molar-refractivity contribution is 5.93. The monoisotopic (exact) mass is 573 g/mol. The minimum absolute atomic E-state index is 0.0133. The first-order valence-corrected chi connectivity index (χ1v) is 14.2. The number of hydrogen-bond donors (Lipinski definition) is 2. The van der Waals surface area contributed by atoms with Crippen LogP contribution in [0.15, 0.2) is 21.5 Å². The van der Waals surface area contributed by atoms with E-state index in [1.54, 1.807) is 13.1 Å². The molecule has 4 aliphatic carbocycles. The Labute approximate surface area is 235 Å². The number of alkyl halides is 3. The maximum atomic E-state index is 14.0. The fourth-order valence-corrected chi connectivity index (χ4v) is 6.58. The van der Waals surface area contributed by atoms with Gasteiger partial charge in [0.15, 0.2) is 11.5 Å². The first kappa shape index (κ1) is 27.6. The Morgan fingerprint density at radius 2 is 1.90 bits per heavy atom. The lowest BCUT2D eigenvalue weighted by atomic mass is 9.81. The molecule has 0 aliphatic heterocycles. The maximum absolute atomic E-state index is 14.0. The number of aromatic nitrogens is 4. The summed E-state index contributed by atoms with van der Waals surface area (Å²) >= 11 is 0. The SMILES string of the molecule is C=Nn1cc([C@@H](NC(=O)c2nonc2C)C2CCC(F)(F)CC2)nc1/C=C(\C)[C@H](NC(=O)[C@@]12C[C@@H]1[C@@H](F)C2)C1CC1. The van der Waals surface area contributed by atoms with Gasteiger partial charge < -0.3 is 10.6 Å². The zero-order valence-corrected chi connectivity index (χ0v) is 23.1. The second-order valence-corrected chi connectivity index (χ2v) is 12.2. The van der Waals surface area contributed by atoms with Crippen LogP contribution in [0.5, 0.6) is 0 Å². The Bertz CT molecular complexity index is 1390. The normalized spacial score (nSPS) is 28.7. The van der Waals surface area contributed by atoms with Crippen molar-refractivity contribution in [3.05, 3.63) is 34.7 Å². The minimum atomic E-state index is -2.74. The zero-order chi connectivity index (χ0) is 29.1. The molecule has 4 aliphatic rings. The van der Waals surface area contributed by atoms with E-state index >= 15 is 0 Å². The number of halogens is 3. The first-order valence-electron chi connectivity index (χ1n) is 14.2. The fraction of sp³-hybridized carbons (Fsp3) is 0.643. The molecule has 0 unspecified atom stereocenters. The molecule has 2 aromatic heterocycles. The van der Waals surface area contributed by atoms with Crippen LogP contribution in [0.3, 0.4) is 0 Å². The molecular weight excluding hydrogens is 539 g/mol. The summed E-state index contributed by atoms with van der Waals surface area (Å²) in [5, 5.41) is 17.5. The number of nitrogens with one attached hydrogen (secondary N) is 2. The molecule has 0 saturated heterocycles. The van der Waals surface area contributed by atoms with Crippen LogP contribution in [0, 0.1) is 30.1 Å². The number of carbonyl (C=O) groups is 2. The lowest BCUT2D eigenvalue weighted by molar-refractivity contribution is -0.131. The molecule has 13 heteroatoms. The van der Waals surface area contributed by atoms with Crippen LogP contribution in [0.4, 0.5) is 13.2 Å². The number of hydrogen-bond acceptors (Lipinski definition) is 7. The van der Waals surface area contributed by atoms with Crippen LogP contribution < -0.4 is 10.6 Å². The molecule has 4 fully saturated rings. The summed E-state index contributed by atoms with van der Waals surface area (Å²) < 4.78 is 47.8. The molecule has 2 aromatic rings. The van der Waals surface area contributed by atoms with Gasteiger partial charge in [-0.05, 0) is 81.0 Å². The Morgan fingerprint density at radius 3 is 2.46 bits per heavy atom. The van der Waals surface area contributed by atoms with Gasteiger partial charge >= 0.3 is 0 Å². The van der Waals surface area contributed by atoms with Gasteiger partial charge in [-0.1, -0.05) is 5.16 Å². The topological polar surface area (TPSA) is 127 Å². The Morgan fingerprint density at radius 1 is 1.17 bits per heavy atom. The highest BCUT2D eigenvalue weighted by Crippen LogP contribution is 2.68. The van der Waals surface area contributed by atoms with Gasteiger partial charge in [0, 0.05) is 25.5 Å². The molecule has 41 heavy (non-hydrogen) atoms. The van der Waals surface area contributed by atoms with Crippen LogP contribution in [0.2, 0.25) is 0 Å². The van der Waals surface area contributed by atoms with E-state index < -0.39 is 29.5 Å². The van der Waals surface area contributed by atoms with Crippen molar-refractivity contribution in [2.24, 2.45) is 28.3 Å². The van der Waals surface area contributed by atoms with Gasteiger partial charge in [-0.15, -0.1) is 0 Å². The van der Waals surface area contributed by atoms with E-state index in [2.05, 4.69) is 37.4 Å². The quantitative estimate of drug-likeness (QED) is 0.406. The van der Waals surface area contributed by atoms with Gasteiger partial charge in [0.25, 0.3) is 5.91 Å². The van der Waals surface area contributed by atoms with Crippen molar-refractivity contribution < 1.29 is 27.4 Å². The van der Waals surface area contributed by atoms with Gasteiger partial charge in [-0.2, -0.15) is 5.10 Å². The molecule has 2 N–H and O–H groups in total. The summed E-state index contributed by atoms with van der Waals surface area (Å²) in [7, 11) is 0. The number of imidazole rings is 1. The van der Waals surface area contributed by atoms with Gasteiger partial charge in [-0.25, -0.2) is 27.5 Å². The van der Waals surface area contributed by atoms with Crippen molar-refractivity contribution in [1.82, 2.24) is 30.6 Å². The molecule has 0 aromatic carbocycles. The highest BCUT2D eigenvalue weighted by atomic mass is 19.3. The molecule has 0 radical (unpaired) electrons. The molecule has 2 amide bonds. The molecule has 4 saturated carbocycles. The van der Waals surface area contributed by atoms with E-state index in [4.69, 9.17) is 4.98 Å². The summed E-state index contributed by atoms with van der Waals surface area (Å²) in [6.07, 6.45) is 5.27. The molecule has 2 heterocycles. The Hall–Kier alpha value is -3.51. The lowest BCUT2D eigenvalue weighted by Crippen LogP contribution is -2.47. The van der Waals surface area contributed by atoms with Crippen molar-refractivity contribution in [3.63, 3.8) is 0 Å². The van der Waals surface area contributed by atoms with Gasteiger partial charge in [0.05, 0.1) is 29.4 Å². The highest BCUT2D eigenvalue weighted by Gasteiger charge is 2.72. The summed E-state index contributed by atoms with van der Waals surface area (Å²) in [5.74, 6) is -3.08. The van der Waals surface area contributed by atoms with E-state index in [9.17, 15) is 22.8 Å². The number of fused-ring (bicyclic) bond motifs is 1. The van der Waals surface area contributed by atoms with Crippen molar-refractivity contribution in [1.29, 1.82) is 0 Å². The van der Waals surface area contributed by atoms with Gasteiger partial charge in [-0.3, -0.25) is 9.59 Å². The zero-order valence-electron chi connectivity index (χ0n) is 23.1. The molecule has 5 atom stereocenters. The van der Waals surface area contributed by atoms with Crippen molar-refractivity contribution in [2.75, 3.05) is 0 Å². The van der Waals surface area contributed by atoms with Gasteiger partial charge in [0.2, 0.25) is 11.8 Å². The van der Waals surface area contributed by atoms with E-state index in [0.717, 1.165) is 18.4 Å². The summed E-state index contributed by atoms with van der Waals surface area (Å²) in [4.78, 5) is 30.8. The first-order chi connectivity index (χ1) is 19.5. The number of carbonyl (C=O) groups excluding carboxylic acids is 2. The molecule has 0 bridgehead atoms. The fourth-order valence-electron chi connectivity index (χ4n) is 6.58. The average Bonchev–Trinajstić information content (AvgIpc) is 3.78. The molecule has 6 rings (SSSR count). The third-order valence-electron chi connectivity index (χ3n) is 9.40. The van der Waals surface area contributed by atoms with Gasteiger partial charge in [0.1, 0.15) is 11.9 Å². The molecular formula is C28H34F3N7O3. The van der Waals surface area contributed by atoms with Crippen LogP contribution in [0.1, 0.15) is 92.0 Å². The Kier molecular flexibility index (Phi) is 6.80. The number of rotatable bonds is 10. The van der Waals surface area contributed by atoms with Crippen LogP contribution in [-0.4, -0.2) is 56.6 Å². The van der Waals surface area contributed by atoms with Crippen LogP contribution >= 0.6 is 0 Å². The second kappa shape index (κ2) is 10.1. The summed E-state index contributed by atoms with van der Waals surface area (Å²) in [6.45, 7) is 7.14. The summed E-state index contributed by atoms with van der Waals surface area (Å²) in [5.41, 5.74) is 1.10. The number of nitrogens with zero attached hydrogens (tertiary/aromatic N) is 5. The van der Waals surface area contributed by atoms with E-state index in [-0.39, 0.29) is 55.2 Å². The van der Waals surface area contributed by atoms with E-state index in [1.807, 2.05) is 13.0 Å². The van der Waals surface area contributed by atoms with Crippen molar-refractivity contribution in [2.45, 2.75) is 89.4 Å². The van der Waals surface area contributed by atoms with Crippen molar-refractivity contribution >= 4 is 24.6 Å². The second-order valence-electron chi connectivity index (χ2n) is 12.2. The minimum Gasteiger partial charge on any atom is -0.349 e. The third-order valence-corrected chi connectivity index (χ3v) is 9.40. The van der Waals surface area contributed by atoms with Crippen LogP contribution in [0.25, 0.3) is 6.08 Å². The number of amides is 2. The average molecular weight is 574 g/mol. The predicted molar refractivity (Wildman–Crippen MR) is 142 cm³/mol. The van der Waals surface area contributed by atoms with Crippen LogP contribution in [-0.2, 0) is 4.79 Å². The smallest absolute Gasteiger partial charge is 0.276 e.